The first-order valence-electron chi connectivity index (χ1n) is 26.7. The fraction of sp³-hybridized carbons (Fsp3) is 0.0133. The molecule has 360 valence electrons. The van der Waals surface area contributed by atoms with Gasteiger partial charge in [-0.05, 0) is 178 Å². The standard InChI is InChI=1S/C75H50N2/c1-4-20-52(21-5-1)73-65-29-10-12-31-67(65)74(68-32-13-11-30-66(68)73)53-38-43-58(44-39-53)77(56-24-8-3-9-25-56)60-47-45-59(46-48-60)76(55-22-6-2-7-23-55)57-41-36-51(37-42-57)54-40-49-64-63-28-16-19-35-71(63)75(72(64)50-54)69-33-17-14-26-61(69)62-27-15-18-34-70(62)75/h1-50H. The summed E-state index contributed by atoms with van der Waals surface area (Å²) < 4.78 is 0. The van der Waals surface area contributed by atoms with Crippen molar-refractivity contribution in [2.75, 3.05) is 9.80 Å². The third kappa shape index (κ3) is 7.03. The molecule has 0 atom stereocenters. The van der Waals surface area contributed by atoms with Crippen LogP contribution in [-0.4, -0.2) is 0 Å². The third-order valence-corrected chi connectivity index (χ3v) is 16.3. The second-order valence-electron chi connectivity index (χ2n) is 20.3. The van der Waals surface area contributed by atoms with Crippen molar-refractivity contribution in [3.05, 3.63) is 326 Å². The van der Waals surface area contributed by atoms with Crippen LogP contribution in [0.1, 0.15) is 22.3 Å². The maximum atomic E-state index is 2.47. The molecule has 1 spiro atoms. The van der Waals surface area contributed by atoms with Crippen molar-refractivity contribution in [2.24, 2.45) is 0 Å². The average molecular weight is 979 g/mol. The molecule has 0 unspecified atom stereocenters. The maximum absolute atomic E-state index is 2.47. The molecule has 0 radical (unpaired) electrons. The fourth-order valence-corrected chi connectivity index (χ4v) is 13.0. The zero-order valence-corrected chi connectivity index (χ0v) is 42.3. The number of anilines is 6. The van der Waals surface area contributed by atoms with Gasteiger partial charge in [-0.1, -0.05) is 224 Å². The highest BCUT2D eigenvalue weighted by atomic mass is 15.2. The number of hydrogen-bond donors (Lipinski definition) is 0. The van der Waals surface area contributed by atoms with Crippen LogP contribution < -0.4 is 9.80 Å². The largest absolute Gasteiger partial charge is 0.311 e. The van der Waals surface area contributed by atoms with Crippen molar-refractivity contribution in [3.63, 3.8) is 0 Å². The lowest BCUT2D eigenvalue weighted by atomic mass is 9.70. The Morgan fingerprint density at radius 1 is 0.195 bits per heavy atom. The Kier molecular flexibility index (Phi) is 10.5. The van der Waals surface area contributed by atoms with Crippen molar-refractivity contribution in [1.29, 1.82) is 0 Å². The number of benzene rings is 13. The molecule has 2 aliphatic rings. The monoisotopic (exact) mass is 978 g/mol. The highest BCUT2D eigenvalue weighted by Gasteiger charge is 2.51. The lowest BCUT2D eigenvalue weighted by Gasteiger charge is -2.30. The van der Waals surface area contributed by atoms with Crippen molar-refractivity contribution in [3.8, 4) is 55.6 Å². The average Bonchev–Trinajstić information content (AvgIpc) is 4.10. The number of para-hydroxylation sites is 2. The van der Waals surface area contributed by atoms with E-state index in [2.05, 4.69) is 313 Å². The molecule has 0 saturated heterocycles. The van der Waals surface area contributed by atoms with Crippen molar-refractivity contribution < 1.29 is 0 Å². The summed E-state index contributed by atoms with van der Waals surface area (Å²) in [6.07, 6.45) is 0. The molecule has 77 heavy (non-hydrogen) atoms. The second kappa shape index (κ2) is 18.1. The van der Waals surface area contributed by atoms with Crippen LogP contribution in [0.4, 0.5) is 34.1 Å². The van der Waals surface area contributed by atoms with E-state index < -0.39 is 0 Å². The van der Waals surface area contributed by atoms with Gasteiger partial charge in [0.2, 0.25) is 0 Å². The lowest BCUT2D eigenvalue weighted by Crippen LogP contribution is -2.25. The normalized spacial score (nSPS) is 12.5. The van der Waals surface area contributed by atoms with Gasteiger partial charge < -0.3 is 9.80 Å². The third-order valence-electron chi connectivity index (χ3n) is 16.3. The van der Waals surface area contributed by atoms with Crippen LogP contribution in [0.25, 0.3) is 77.2 Å². The number of rotatable bonds is 9. The van der Waals surface area contributed by atoms with Gasteiger partial charge in [-0.2, -0.15) is 0 Å². The van der Waals surface area contributed by atoms with E-state index in [-0.39, 0.29) is 5.41 Å². The van der Waals surface area contributed by atoms with E-state index in [1.807, 2.05) is 0 Å². The molecule has 15 rings (SSSR count). The summed E-state index contributed by atoms with van der Waals surface area (Å²) in [5.41, 5.74) is 24.1. The minimum Gasteiger partial charge on any atom is -0.311 e. The summed E-state index contributed by atoms with van der Waals surface area (Å²) in [6, 6.07) is 111. The van der Waals surface area contributed by atoms with E-state index >= 15 is 0 Å². The van der Waals surface area contributed by atoms with Gasteiger partial charge >= 0.3 is 0 Å². The Hall–Kier alpha value is -10.0. The first kappa shape index (κ1) is 44.5. The maximum Gasteiger partial charge on any atom is 0.0725 e. The molecule has 13 aromatic rings. The van der Waals surface area contributed by atoms with Crippen LogP contribution in [-0.2, 0) is 5.41 Å². The van der Waals surface area contributed by atoms with Gasteiger partial charge in [0, 0.05) is 34.1 Å². The topological polar surface area (TPSA) is 6.48 Å². The van der Waals surface area contributed by atoms with Crippen molar-refractivity contribution >= 4 is 55.7 Å². The van der Waals surface area contributed by atoms with Crippen LogP contribution in [0.15, 0.2) is 303 Å². The van der Waals surface area contributed by atoms with Crippen molar-refractivity contribution in [1.82, 2.24) is 0 Å². The Morgan fingerprint density at radius 2 is 0.481 bits per heavy atom. The Morgan fingerprint density at radius 3 is 0.896 bits per heavy atom. The van der Waals surface area contributed by atoms with Crippen LogP contribution in [0, 0.1) is 0 Å². The molecule has 0 heterocycles. The molecular weight excluding hydrogens is 929 g/mol. The van der Waals surface area contributed by atoms with Gasteiger partial charge in [-0.3, -0.25) is 0 Å². The molecule has 2 heteroatoms. The summed E-state index contributed by atoms with van der Waals surface area (Å²) in [7, 11) is 0. The van der Waals surface area contributed by atoms with Gasteiger partial charge in [-0.15, -0.1) is 0 Å². The summed E-state index contributed by atoms with van der Waals surface area (Å²) in [5, 5.41) is 5.00. The quantitative estimate of drug-likeness (QED) is 0.133. The summed E-state index contributed by atoms with van der Waals surface area (Å²) in [4.78, 5) is 4.71. The van der Waals surface area contributed by atoms with Crippen LogP contribution in [0.2, 0.25) is 0 Å². The minimum atomic E-state index is -0.383. The first-order valence-corrected chi connectivity index (χ1v) is 26.7. The van der Waals surface area contributed by atoms with E-state index in [9.17, 15) is 0 Å². The van der Waals surface area contributed by atoms with Gasteiger partial charge in [0.1, 0.15) is 0 Å². The van der Waals surface area contributed by atoms with Crippen LogP contribution >= 0.6 is 0 Å². The van der Waals surface area contributed by atoms with E-state index in [1.165, 1.54) is 99.4 Å². The van der Waals surface area contributed by atoms with E-state index in [0.717, 1.165) is 34.1 Å². The smallest absolute Gasteiger partial charge is 0.0725 e. The molecule has 2 aliphatic carbocycles. The molecule has 13 aromatic carbocycles. The van der Waals surface area contributed by atoms with Crippen molar-refractivity contribution in [2.45, 2.75) is 5.41 Å². The van der Waals surface area contributed by atoms with Gasteiger partial charge in [0.25, 0.3) is 0 Å². The molecular formula is C75H50N2. The van der Waals surface area contributed by atoms with Gasteiger partial charge in [0.05, 0.1) is 5.41 Å². The molecule has 0 saturated carbocycles. The zero-order chi connectivity index (χ0) is 50.9. The Balaban J connectivity index is 0.784. The van der Waals surface area contributed by atoms with Gasteiger partial charge in [-0.25, -0.2) is 0 Å². The second-order valence-corrected chi connectivity index (χ2v) is 20.3. The minimum absolute atomic E-state index is 0.383. The SMILES string of the molecule is c1ccc(-c2c3ccccc3c(-c3ccc(N(c4ccccc4)c4ccc(N(c5ccccc5)c5ccc(-c6ccc7c(c6)C6(c8ccccc8-c8ccccc86)c6ccccc6-7)cc5)cc4)cc3)c3ccccc23)cc1. The Labute approximate surface area is 449 Å². The van der Waals surface area contributed by atoms with Gasteiger partial charge in [0.15, 0.2) is 0 Å². The van der Waals surface area contributed by atoms with E-state index in [0.29, 0.717) is 0 Å². The summed E-state index contributed by atoms with van der Waals surface area (Å²) in [5.74, 6) is 0. The fourth-order valence-electron chi connectivity index (χ4n) is 13.0. The molecule has 0 bridgehead atoms. The number of hydrogen-bond acceptors (Lipinski definition) is 2. The summed E-state index contributed by atoms with van der Waals surface area (Å²) in [6.45, 7) is 0. The molecule has 0 N–H and O–H groups in total. The molecule has 0 aliphatic heterocycles. The van der Waals surface area contributed by atoms with E-state index in [4.69, 9.17) is 0 Å². The first-order chi connectivity index (χ1) is 38.2. The number of nitrogens with zero attached hydrogens (tertiary/aromatic N) is 2. The molecule has 0 fully saturated rings. The summed E-state index contributed by atoms with van der Waals surface area (Å²) >= 11 is 0. The molecule has 0 amide bonds. The Bertz CT molecular complexity index is 4230. The predicted octanol–water partition coefficient (Wildman–Crippen LogP) is 20.3. The zero-order valence-electron chi connectivity index (χ0n) is 42.3. The lowest BCUT2D eigenvalue weighted by molar-refractivity contribution is 0.794. The molecule has 0 aromatic heterocycles. The highest BCUT2D eigenvalue weighted by molar-refractivity contribution is 6.21. The molecule has 2 nitrogen and oxygen atoms in total. The number of fused-ring (bicyclic) bond motifs is 12. The highest BCUT2D eigenvalue weighted by Crippen LogP contribution is 2.63. The predicted molar refractivity (Wildman–Crippen MR) is 323 cm³/mol. The van der Waals surface area contributed by atoms with Crippen LogP contribution in [0.5, 0.6) is 0 Å². The van der Waals surface area contributed by atoms with Crippen LogP contribution in [0.3, 0.4) is 0 Å². The van der Waals surface area contributed by atoms with E-state index in [1.54, 1.807) is 0 Å².